The number of rotatable bonds is 6. The maximum Gasteiger partial charge on any atom is 0.0817 e. The third-order valence-corrected chi connectivity index (χ3v) is 3.69. The van der Waals surface area contributed by atoms with Crippen LogP contribution in [0, 0.1) is 0 Å². The Labute approximate surface area is 121 Å². The summed E-state index contributed by atoms with van der Waals surface area (Å²) in [6, 6.07) is 10.5. The van der Waals surface area contributed by atoms with E-state index in [1.165, 1.54) is 0 Å². The highest BCUT2D eigenvalue weighted by Gasteiger charge is 2.09. The van der Waals surface area contributed by atoms with Gasteiger partial charge in [0.2, 0.25) is 0 Å². The van der Waals surface area contributed by atoms with E-state index in [0.29, 0.717) is 6.04 Å². The van der Waals surface area contributed by atoms with Crippen molar-refractivity contribution in [1.82, 2.24) is 9.78 Å². The van der Waals surface area contributed by atoms with Crippen LogP contribution in [0.1, 0.15) is 38.4 Å². The lowest BCUT2D eigenvalue weighted by molar-refractivity contribution is 0.425. The Kier molecular flexibility index (Phi) is 4.66. The molecule has 2 rings (SSSR count). The topological polar surface area (TPSA) is 47.1 Å². The Morgan fingerprint density at radius 1 is 1.25 bits per heavy atom. The number of nitrogen functional groups attached to an aromatic ring is 1. The molecule has 1 aromatic heterocycles. The van der Waals surface area contributed by atoms with Gasteiger partial charge in [0.25, 0.3) is 0 Å². The molecule has 4 heteroatoms. The number of hydrogen-bond acceptors (Lipinski definition) is 3. The van der Waals surface area contributed by atoms with E-state index >= 15 is 0 Å². The molecule has 0 radical (unpaired) electrons. The molecule has 0 aliphatic rings. The van der Waals surface area contributed by atoms with Gasteiger partial charge in [0.15, 0.2) is 0 Å². The maximum absolute atomic E-state index is 5.82. The van der Waals surface area contributed by atoms with Crippen molar-refractivity contribution in [2.45, 2.75) is 39.3 Å². The lowest BCUT2D eigenvalue weighted by Crippen LogP contribution is -2.17. The molecular formula is C16H24N4. The zero-order chi connectivity index (χ0) is 14.5. The van der Waals surface area contributed by atoms with Gasteiger partial charge in [-0.15, -0.1) is 0 Å². The van der Waals surface area contributed by atoms with Crippen molar-refractivity contribution in [2.24, 2.45) is 0 Å². The summed E-state index contributed by atoms with van der Waals surface area (Å²) in [4.78, 5) is 2.16. The summed E-state index contributed by atoms with van der Waals surface area (Å²) >= 11 is 0. The van der Waals surface area contributed by atoms with Crippen LogP contribution in [0.5, 0.6) is 0 Å². The highest BCUT2D eigenvalue weighted by atomic mass is 15.3. The monoisotopic (exact) mass is 272 g/mol. The van der Waals surface area contributed by atoms with Crippen molar-refractivity contribution < 1.29 is 0 Å². The molecule has 20 heavy (non-hydrogen) atoms. The summed E-state index contributed by atoms with van der Waals surface area (Å²) in [6.07, 6.45) is 4.31. The van der Waals surface area contributed by atoms with Gasteiger partial charge < -0.3 is 10.6 Å². The average Bonchev–Trinajstić information content (AvgIpc) is 2.88. The van der Waals surface area contributed by atoms with Crippen LogP contribution in [-0.4, -0.2) is 16.8 Å². The second-order valence-electron chi connectivity index (χ2n) is 5.21. The SMILES string of the molecule is CCC(CC)n1ccc(CN(C)c2cccc(N)c2)n1. The molecule has 2 aromatic rings. The largest absolute Gasteiger partial charge is 0.399 e. The first-order valence-electron chi connectivity index (χ1n) is 7.24. The zero-order valence-corrected chi connectivity index (χ0v) is 12.6. The molecule has 0 fully saturated rings. The molecule has 0 saturated carbocycles. The van der Waals surface area contributed by atoms with Gasteiger partial charge in [0.05, 0.1) is 18.3 Å². The lowest BCUT2D eigenvalue weighted by Gasteiger charge is -2.18. The quantitative estimate of drug-likeness (QED) is 0.819. The minimum Gasteiger partial charge on any atom is -0.399 e. The fourth-order valence-electron chi connectivity index (χ4n) is 2.42. The predicted octanol–water partition coefficient (Wildman–Crippen LogP) is 3.46. The summed E-state index contributed by atoms with van der Waals surface area (Å²) in [7, 11) is 2.06. The maximum atomic E-state index is 5.82. The fourth-order valence-corrected chi connectivity index (χ4v) is 2.42. The molecule has 0 unspecified atom stereocenters. The van der Waals surface area contributed by atoms with Crippen molar-refractivity contribution in [3.05, 3.63) is 42.2 Å². The zero-order valence-electron chi connectivity index (χ0n) is 12.6. The van der Waals surface area contributed by atoms with Gasteiger partial charge in [-0.2, -0.15) is 5.10 Å². The van der Waals surface area contributed by atoms with Crippen molar-refractivity contribution in [2.75, 3.05) is 17.7 Å². The van der Waals surface area contributed by atoms with Crippen LogP contribution in [0.25, 0.3) is 0 Å². The molecular weight excluding hydrogens is 248 g/mol. The summed E-state index contributed by atoms with van der Waals surface area (Å²) < 4.78 is 2.09. The van der Waals surface area contributed by atoms with E-state index in [1.807, 2.05) is 18.2 Å². The van der Waals surface area contributed by atoms with E-state index in [1.54, 1.807) is 0 Å². The second-order valence-corrected chi connectivity index (χ2v) is 5.21. The second kappa shape index (κ2) is 6.46. The molecule has 0 aliphatic heterocycles. The predicted molar refractivity (Wildman–Crippen MR) is 84.8 cm³/mol. The lowest BCUT2D eigenvalue weighted by atomic mass is 10.2. The van der Waals surface area contributed by atoms with Crippen LogP contribution >= 0.6 is 0 Å². The highest BCUT2D eigenvalue weighted by Crippen LogP contribution is 2.19. The van der Waals surface area contributed by atoms with E-state index in [2.05, 4.69) is 53.9 Å². The number of anilines is 2. The van der Waals surface area contributed by atoms with Gasteiger partial charge in [-0.05, 0) is 37.1 Å². The van der Waals surface area contributed by atoms with E-state index in [9.17, 15) is 0 Å². The van der Waals surface area contributed by atoms with Gasteiger partial charge in [-0.3, -0.25) is 4.68 Å². The first kappa shape index (κ1) is 14.4. The molecule has 4 nitrogen and oxygen atoms in total. The summed E-state index contributed by atoms with van der Waals surface area (Å²) in [5.41, 5.74) is 8.81. The molecule has 0 bridgehead atoms. The Bertz CT molecular complexity index is 543. The minimum atomic E-state index is 0.501. The van der Waals surface area contributed by atoms with Crippen LogP contribution < -0.4 is 10.6 Å². The standard InChI is InChI=1S/C16H24N4/c1-4-15(5-2)20-10-9-14(18-20)12-19(3)16-8-6-7-13(17)11-16/h6-11,15H,4-5,12,17H2,1-3H3. The van der Waals surface area contributed by atoms with Crippen molar-refractivity contribution in [1.29, 1.82) is 0 Å². The molecule has 0 spiro atoms. The molecule has 1 heterocycles. The summed E-state index contributed by atoms with van der Waals surface area (Å²) in [5.74, 6) is 0. The van der Waals surface area contributed by atoms with Gasteiger partial charge in [-0.25, -0.2) is 0 Å². The number of hydrogen-bond donors (Lipinski definition) is 1. The normalized spacial score (nSPS) is 11.0. The molecule has 1 aromatic carbocycles. The molecule has 0 atom stereocenters. The molecule has 2 N–H and O–H groups in total. The van der Waals surface area contributed by atoms with Gasteiger partial charge in [0.1, 0.15) is 0 Å². The molecule has 0 amide bonds. The van der Waals surface area contributed by atoms with Gasteiger partial charge >= 0.3 is 0 Å². The van der Waals surface area contributed by atoms with E-state index in [0.717, 1.165) is 36.5 Å². The summed E-state index contributed by atoms with van der Waals surface area (Å²) in [6.45, 7) is 5.19. The first-order chi connectivity index (χ1) is 9.63. The number of benzene rings is 1. The third kappa shape index (κ3) is 3.32. The fraction of sp³-hybridized carbons (Fsp3) is 0.438. The number of nitrogens with zero attached hydrogens (tertiary/aromatic N) is 3. The van der Waals surface area contributed by atoms with E-state index < -0.39 is 0 Å². The Morgan fingerprint density at radius 2 is 2.00 bits per heavy atom. The van der Waals surface area contributed by atoms with Crippen molar-refractivity contribution in [3.8, 4) is 0 Å². The van der Waals surface area contributed by atoms with Crippen LogP contribution in [0.3, 0.4) is 0 Å². The highest BCUT2D eigenvalue weighted by molar-refractivity contribution is 5.55. The number of aromatic nitrogens is 2. The van der Waals surface area contributed by atoms with Crippen LogP contribution in [0.2, 0.25) is 0 Å². The Hall–Kier alpha value is -1.97. The van der Waals surface area contributed by atoms with Crippen molar-refractivity contribution in [3.63, 3.8) is 0 Å². The molecule has 108 valence electrons. The van der Waals surface area contributed by atoms with Crippen molar-refractivity contribution >= 4 is 11.4 Å². The van der Waals surface area contributed by atoms with E-state index in [-0.39, 0.29) is 0 Å². The van der Waals surface area contributed by atoms with Crippen LogP contribution in [-0.2, 0) is 6.54 Å². The van der Waals surface area contributed by atoms with Crippen LogP contribution in [0.15, 0.2) is 36.5 Å². The summed E-state index contributed by atoms with van der Waals surface area (Å²) in [5, 5.41) is 4.68. The smallest absolute Gasteiger partial charge is 0.0817 e. The molecule has 0 aliphatic carbocycles. The van der Waals surface area contributed by atoms with E-state index in [4.69, 9.17) is 5.73 Å². The molecule has 0 saturated heterocycles. The van der Waals surface area contributed by atoms with Gasteiger partial charge in [-0.1, -0.05) is 19.9 Å². The third-order valence-electron chi connectivity index (χ3n) is 3.69. The Balaban J connectivity index is 2.06. The minimum absolute atomic E-state index is 0.501. The van der Waals surface area contributed by atoms with Gasteiger partial charge in [0, 0.05) is 24.6 Å². The average molecular weight is 272 g/mol. The first-order valence-corrected chi connectivity index (χ1v) is 7.24. The van der Waals surface area contributed by atoms with Crippen LogP contribution in [0.4, 0.5) is 11.4 Å². The Morgan fingerprint density at radius 3 is 2.65 bits per heavy atom. The number of nitrogens with two attached hydrogens (primary N) is 1.